The summed E-state index contributed by atoms with van der Waals surface area (Å²) in [7, 11) is 0. The lowest BCUT2D eigenvalue weighted by atomic mass is 10.2. The van der Waals surface area contributed by atoms with E-state index in [0.29, 0.717) is 5.75 Å². The molecule has 2 aromatic rings. The Labute approximate surface area is 114 Å². The molecule has 1 saturated heterocycles. The van der Waals surface area contributed by atoms with Gasteiger partial charge >= 0.3 is 0 Å². The van der Waals surface area contributed by atoms with Crippen LogP contribution in [0, 0.1) is 6.92 Å². The minimum Gasteiger partial charge on any atom is -0.273 e. The fourth-order valence-electron chi connectivity index (χ4n) is 1.95. The van der Waals surface area contributed by atoms with E-state index in [-0.39, 0.29) is 11.3 Å². The van der Waals surface area contributed by atoms with E-state index >= 15 is 0 Å². The summed E-state index contributed by atoms with van der Waals surface area (Å²) in [5, 5.41) is 0.862. The van der Waals surface area contributed by atoms with Gasteiger partial charge in [-0.15, -0.1) is 23.1 Å². The van der Waals surface area contributed by atoms with E-state index in [0.717, 1.165) is 15.6 Å². The molecule has 92 valence electrons. The van der Waals surface area contributed by atoms with Gasteiger partial charge in [-0.1, -0.05) is 30.3 Å². The zero-order valence-electron chi connectivity index (χ0n) is 9.87. The number of benzene rings is 1. The molecule has 0 N–H and O–H groups in total. The van der Waals surface area contributed by atoms with Crippen LogP contribution in [0.2, 0.25) is 0 Å². The minimum atomic E-state index is 0.0595. The number of thioether (sulfide) groups is 1. The summed E-state index contributed by atoms with van der Waals surface area (Å²) in [5.41, 5.74) is 1.15. The van der Waals surface area contributed by atoms with Crippen molar-refractivity contribution in [3.05, 3.63) is 47.0 Å². The van der Waals surface area contributed by atoms with Gasteiger partial charge in [0.2, 0.25) is 5.91 Å². The number of aromatic nitrogens is 1. The summed E-state index contributed by atoms with van der Waals surface area (Å²) in [6.07, 6.45) is 1.82. The summed E-state index contributed by atoms with van der Waals surface area (Å²) in [4.78, 5) is 19.3. The first-order valence-corrected chi connectivity index (χ1v) is 7.53. The van der Waals surface area contributed by atoms with Crippen LogP contribution in [0.5, 0.6) is 0 Å². The predicted molar refractivity (Wildman–Crippen MR) is 76.0 cm³/mol. The number of anilines is 1. The molecule has 1 fully saturated rings. The Bertz CT molecular complexity index is 567. The first-order valence-electron chi connectivity index (χ1n) is 5.67. The third-order valence-corrected chi connectivity index (χ3v) is 4.89. The van der Waals surface area contributed by atoms with E-state index in [1.54, 1.807) is 23.1 Å². The van der Waals surface area contributed by atoms with Gasteiger partial charge in [0.15, 0.2) is 5.13 Å². The Kier molecular flexibility index (Phi) is 3.09. The third kappa shape index (κ3) is 2.04. The van der Waals surface area contributed by atoms with Gasteiger partial charge in [-0.3, -0.25) is 9.69 Å². The number of thiazole rings is 1. The van der Waals surface area contributed by atoms with Crippen molar-refractivity contribution < 1.29 is 4.79 Å². The summed E-state index contributed by atoms with van der Waals surface area (Å²) in [6, 6.07) is 10.1. The number of rotatable bonds is 2. The Morgan fingerprint density at radius 3 is 2.78 bits per heavy atom. The second-order valence-corrected chi connectivity index (χ2v) is 6.37. The topological polar surface area (TPSA) is 33.2 Å². The Morgan fingerprint density at radius 2 is 2.11 bits per heavy atom. The molecule has 0 spiro atoms. The van der Waals surface area contributed by atoms with Gasteiger partial charge in [-0.2, -0.15) is 0 Å². The molecule has 1 aromatic carbocycles. The summed E-state index contributed by atoms with van der Waals surface area (Å²) < 4.78 is 0. The third-order valence-electron chi connectivity index (χ3n) is 2.77. The van der Waals surface area contributed by atoms with Crippen LogP contribution in [0.25, 0.3) is 0 Å². The Hall–Kier alpha value is -1.33. The second kappa shape index (κ2) is 4.74. The Morgan fingerprint density at radius 1 is 1.33 bits per heavy atom. The van der Waals surface area contributed by atoms with Gasteiger partial charge in [0.05, 0.1) is 5.75 Å². The lowest BCUT2D eigenvalue weighted by Crippen LogP contribution is -2.27. The minimum absolute atomic E-state index is 0.0595. The average Bonchev–Trinajstić information content (AvgIpc) is 2.96. The Balaban J connectivity index is 1.98. The summed E-state index contributed by atoms with van der Waals surface area (Å²) in [6.45, 7) is 2.01. The molecule has 0 saturated carbocycles. The zero-order valence-corrected chi connectivity index (χ0v) is 11.5. The van der Waals surface area contributed by atoms with Gasteiger partial charge in [-0.05, 0) is 12.5 Å². The van der Waals surface area contributed by atoms with E-state index in [9.17, 15) is 4.79 Å². The van der Waals surface area contributed by atoms with E-state index in [4.69, 9.17) is 0 Å². The lowest BCUT2D eigenvalue weighted by molar-refractivity contribution is -0.115. The van der Waals surface area contributed by atoms with Crippen LogP contribution >= 0.6 is 23.1 Å². The van der Waals surface area contributed by atoms with Crippen LogP contribution in [0.4, 0.5) is 5.13 Å². The first kappa shape index (κ1) is 11.7. The zero-order chi connectivity index (χ0) is 12.5. The SMILES string of the molecule is Cc1cnc(N2C(=O)CS[C@H]2c2ccccc2)s1. The molecule has 1 amide bonds. The lowest BCUT2D eigenvalue weighted by Gasteiger charge is -2.21. The molecule has 18 heavy (non-hydrogen) atoms. The number of carbonyl (C=O) groups excluding carboxylic acids is 1. The number of hydrogen-bond acceptors (Lipinski definition) is 4. The van der Waals surface area contributed by atoms with Crippen LogP contribution < -0.4 is 4.90 Å². The van der Waals surface area contributed by atoms with Crippen LogP contribution in [0.15, 0.2) is 36.5 Å². The number of nitrogens with zero attached hydrogens (tertiary/aromatic N) is 2. The molecule has 1 atom stereocenters. The fraction of sp³-hybridized carbons (Fsp3) is 0.231. The van der Waals surface area contributed by atoms with Gasteiger partial charge in [-0.25, -0.2) is 4.98 Å². The van der Waals surface area contributed by atoms with Crippen molar-refractivity contribution >= 4 is 34.1 Å². The van der Waals surface area contributed by atoms with E-state index < -0.39 is 0 Å². The molecule has 1 aliphatic rings. The quantitative estimate of drug-likeness (QED) is 0.844. The molecular weight excluding hydrogens is 264 g/mol. The normalized spacial score (nSPS) is 19.5. The van der Waals surface area contributed by atoms with E-state index in [1.807, 2.05) is 36.2 Å². The highest BCUT2D eigenvalue weighted by Gasteiger charge is 2.35. The number of aryl methyl sites for hydroxylation is 1. The van der Waals surface area contributed by atoms with Gasteiger partial charge in [0.25, 0.3) is 0 Å². The molecular formula is C13H12N2OS2. The highest BCUT2D eigenvalue weighted by molar-refractivity contribution is 8.00. The number of amides is 1. The molecule has 0 unspecified atom stereocenters. The van der Waals surface area contributed by atoms with Crippen molar-refractivity contribution in [3.8, 4) is 0 Å². The van der Waals surface area contributed by atoms with Crippen LogP contribution in [0.1, 0.15) is 15.8 Å². The monoisotopic (exact) mass is 276 g/mol. The molecule has 5 heteroatoms. The van der Waals surface area contributed by atoms with Crippen molar-refractivity contribution in [3.63, 3.8) is 0 Å². The number of carbonyl (C=O) groups is 1. The average molecular weight is 276 g/mol. The number of hydrogen-bond donors (Lipinski definition) is 0. The van der Waals surface area contributed by atoms with Crippen LogP contribution in [-0.4, -0.2) is 16.6 Å². The molecule has 2 heterocycles. The summed E-state index contributed by atoms with van der Waals surface area (Å²) in [5.74, 6) is 0.668. The van der Waals surface area contributed by atoms with Crippen molar-refractivity contribution in [2.75, 3.05) is 10.7 Å². The highest BCUT2D eigenvalue weighted by Crippen LogP contribution is 2.42. The summed E-state index contributed by atoms with van der Waals surface area (Å²) >= 11 is 3.23. The van der Waals surface area contributed by atoms with Crippen molar-refractivity contribution in [2.45, 2.75) is 12.3 Å². The highest BCUT2D eigenvalue weighted by atomic mass is 32.2. The largest absolute Gasteiger partial charge is 0.273 e. The van der Waals surface area contributed by atoms with E-state index in [1.165, 1.54) is 0 Å². The second-order valence-electron chi connectivity index (χ2n) is 4.09. The molecule has 1 aliphatic heterocycles. The van der Waals surface area contributed by atoms with Crippen molar-refractivity contribution in [1.29, 1.82) is 0 Å². The maximum atomic E-state index is 12.0. The molecule has 3 nitrogen and oxygen atoms in total. The molecule has 1 aromatic heterocycles. The maximum absolute atomic E-state index is 12.0. The fourth-order valence-corrected chi connectivity index (χ4v) is 3.98. The smallest absolute Gasteiger partial charge is 0.240 e. The van der Waals surface area contributed by atoms with E-state index in [2.05, 4.69) is 17.1 Å². The van der Waals surface area contributed by atoms with Crippen molar-refractivity contribution in [1.82, 2.24) is 4.98 Å². The molecule has 0 radical (unpaired) electrons. The standard InChI is InChI=1S/C13H12N2OS2/c1-9-7-14-13(18-9)15-11(16)8-17-12(15)10-5-3-2-4-6-10/h2-7,12H,8H2,1H3/t12-/m0/s1. The molecule has 0 aliphatic carbocycles. The predicted octanol–water partition coefficient (Wildman–Crippen LogP) is 3.23. The van der Waals surface area contributed by atoms with Gasteiger partial charge in [0, 0.05) is 11.1 Å². The van der Waals surface area contributed by atoms with Crippen molar-refractivity contribution in [2.24, 2.45) is 0 Å². The van der Waals surface area contributed by atoms with Gasteiger partial charge < -0.3 is 0 Å². The van der Waals surface area contributed by atoms with Crippen LogP contribution in [0.3, 0.4) is 0 Å². The van der Waals surface area contributed by atoms with Gasteiger partial charge in [0.1, 0.15) is 5.37 Å². The van der Waals surface area contributed by atoms with Crippen LogP contribution in [-0.2, 0) is 4.79 Å². The molecule has 0 bridgehead atoms. The maximum Gasteiger partial charge on any atom is 0.240 e. The molecule has 3 rings (SSSR count). The first-order chi connectivity index (χ1) is 8.75.